The van der Waals surface area contributed by atoms with E-state index >= 15 is 0 Å². The Labute approximate surface area is 211 Å². The van der Waals surface area contributed by atoms with Gasteiger partial charge < -0.3 is 16.0 Å². The Morgan fingerprint density at radius 2 is 1.74 bits per heavy atom. The van der Waals surface area contributed by atoms with Crippen molar-refractivity contribution in [3.8, 4) is 0 Å². The van der Waals surface area contributed by atoms with Gasteiger partial charge in [0, 0.05) is 36.6 Å². The molecule has 4 rings (SSSR count). The zero-order valence-electron chi connectivity index (χ0n) is 19.5. The summed E-state index contributed by atoms with van der Waals surface area (Å²) >= 11 is 1.37. The van der Waals surface area contributed by atoms with Crippen molar-refractivity contribution in [3.05, 3.63) is 45.8 Å². The predicted octanol–water partition coefficient (Wildman–Crippen LogP) is 3.18. The second-order valence-electron chi connectivity index (χ2n) is 9.31. The third-order valence-corrected chi connectivity index (χ3v) is 9.29. The number of sulfonamides is 1. The van der Waals surface area contributed by atoms with Crippen LogP contribution in [-0.2, 0) is 23.0 Å². The van der Waals surface area contributed by atoms with Gasteiger partial charge in [0.2, 0.25) is 10.0 Å². The van der Waals surface area contributed by atoms with Crippen molar-refractivity contribution in [2.45, 2.75) is 38.1 Å². The Bertz CT molecular complexity index is 1170. The van der Waals surface area contributed by atoms with E-state index in [2.05, 4.69) is 24.1 Å². The second-order valence-corrected chi connectivity index (χ2v) is 12.3. The van der Waals surface area contributed by atoms with Gasteiger partial charge in [0.25, 0.3) is 11.8 Å². The molecule has 0 aliphatic carbocycles. The number of hydrogen-bond acceptors (Lipinski definition) is 6. The highest BCUT2D eigenvalue weighted by atomic mass is 35.5. The van der Waals surface area contributed by atoms with Gasteiger partial charge in [0.05, 0.1) is 10.5 Å². The number of thiophene rings is 1. The SMILES string of the molecule is CC1CC(C)CN(S(=O)(=O)c2ccc(C(=O)Nc3sc4c(c3C(N)=O)CCN(C)C4)cc2)C1.Cl. The zero-order chi connectivity index (χ0) is 23.9. The maximum atomic E-state index is 13.1. The number of likely N-dealkylation sites (N-methyl/N-ethyl adjacent to an activating group) is 1. The van der Waals surface area contributed by atoms with Crippen LogP contribution in [0.15, 0.2) is 29.2 Å². The van der Waals surface area contributed by atoms with Crippen molar-refractivity contribution < 1.29 is 18.0 Å². The van der Waals surface area contributed by atoms with E-state index in [0.29, 0.717) is 54.0 Å². The molecule has 3 N–H and O–H groups in total. The van der Waals surface area contributed by atoms with E-state index < -0.39 is 21.8 Å². The normalized spacial score (nSPS) is 21.4. The van der Waals surface area contributed by atoms with Crippen molar-refractivity contribution in [3.63, 3.8) is 0 Å². The van der Waals surface area contributed by atoms with Crippen molar-refractivity contribution in [2.75, 3.05) is 32.0 Å². The maximum absolute atomic E-state index is 13.1. The first kappa shape index (κ1) is 26.6. The molecule has 2 unspecified atom stereocenters. The topological polar surface area (TPSA) is 113 Å². The molecule has 2 atom stereocenters. The van der Waals surface area contributed by atoms with E-state index in [-0.39, 0.29) is 17.3 Å². The average molecular weight is 527 g/mol. The molecule has 3 heterocycles. The molecule has 1 fully saturated rings. The summed E-state index contributed by atoms with van der Waals surface area (Å²) in [4.78, 5) is 28.3. The number of carbonyl (C=O) groups excluding carboxylic acids is 2. The maximum Gasteiger partial charge on any atom is 0.256 e. The lowest BCUT2D eigenvalue weighted by Gasteiger charge is -2.34. The molecule has 1 aromatic heterocycles. The van der Waals surface area contributed by atoms with Gasteiger partial charge in [-0.1, -0.05) is 13.8 Å². The fraction of sp³-hybridized carbons (Fsp3) is 0.478. The first-order valence-corrected chi connectivity index (χ1v) is 13.4. The molecule has 1 saturated heterocycles. The van der Waals surface area contributed by atoms with Crippen molar-refractivity contribution in [1.29, 1.82) is 0 Å². The molecule has 0 bridgehead atoms. The number of anilines is 1. The van der Waals surface area contributed by atoms with Crippen LogP contribution in [0.25, 0.3) is 0 Å². The van der Waals surface area contributed by atoms with E-state index in [1.807, 2.05) is 7.05 Å². The van der Waals surface area contributed by atoms with Crippen LogP contribution in [0.2, 0.25) is 0 Å². The molecule has 2 aliphatic heterocycles. The number of piperidine rings is 1. The number of nitrogens with one attached hydrogen (secondary N) is 1. The van der Waals surface area contributed by atoms with Crippen LogP contribution >= 0.6 is 23.7 Å². The number of rotatable bonds is 5. The van der Waals surface area contributed by atoms with Gasteiger partial charge >= 0.3 is 0 Å². The minimum Gasteiger partial charge on any atom is -0.365 e. The molecule has 8 nitrogen and oxygen atoms in total. The lowest BCUT2D eigenvalue weighted by molar-refractivity contribution is 0.1000. The molecule has 1 aromatic carbocycles. The Morgan fingerprint density at radius 1 is 1.12 bits per heavy atom. The molecule has 2 aromatic rings. The van der Waals surface area contributed by atoms with E-state index in [1.165, 1.54) is 39.9 Å². The van der Waals surface area contributed by atoms with Crippen molar-refractivity contribution >= 4 is 50.6 Å². The van der Waals surface area contributed by atoms with E-state index in [4.69, 9.17) is 5.73 Å². The monoisotopic (exact) mass is 526 g/mol. The molecule has 2 amide bonds. The molecule has 34 heavy (non-hydrogen) atoms. The van der Waals surface area contributed by atoms with Crippen LogP contribution in [-0.4, -0.2) is 56.1 Å². The number of nitrogens with two attached hydrogens (primary N) is 1. The number of hydrogen-bond donors (Lipinski definition) is 2. The van der Waals surface area contributed by atoms with Gasteiger partial charge in [-0.05, 0) is 61.6 Å². The Kier molecular flexibility index (Phi) is 8.09. The third-order valence-electron chi connectivity index (χ3n) is 6.31. The van der Waals surface area contributed by atoms with E-state index in [9.17, 15) is 18.0 Å². The van der Waals surface area contributed by atoms with E-state index in [1.54, 1.807) is 0 Å². The molecule has 2 aliphatic rings. The van der Waals surface area contributed by atoms with Gasteiger partial charge in [-0.2, -0.15) is 4.31 Å². The minimum absolute atomic E-state index is 0. The number of fused-ring (bicyclic) bond motifs is 1. The summed E-state index contributed by atoms with van der Waals surface area (Å²) in [5.41, 5.74) is 7.22. The lowest BCUT2D eigenvalue weighted by Crippen LogP contribution is -2.42. The first-order valence-electron chi connectivity index (χ1n) is 11.1. The Balaban J connectivity index is 0.00000324. The zero-order valence-corrected chi connectivity index (χ0v) is 22.0. The fourth-order valence-electron chi connectivity index (χ4n) is 4.78. The molecular weight excluding hydrogens is 496 g/mol. The smallest absolute Gasteiger partial charge is 0.256 e. The largest absolute Gasteiger partial charge is 0.365 e. The molecule has 0 radical (unpaired) electrons. The van der Waals surface area contributed by atoms with Crippen molar-refractivity contribution in [1.82, 2.24) is 9.21 Å². The Hall–Kier alpha value is -1.98. The summed E-state index contributed by atoms with van der Waals surface area (Å²) in [5.74, 6) is -0.346. The number of nitrogens with zero attached hydrogens (tertiary/aromatic N) is 2. The highest BCUT2D eigenvalue weighted by Crippen LogP contribution is 2.37. The van der Waals surface area contributed by atoms with Crippen LogP contribution in [0.5, 0.6) is 0 Å². The summed E-state index contributed by atoms with van der Waals surface area (Å²) in [5, 5.41) is 3.26. The van der Waals surface area contributed by atoms with Crippen LogP contribution in [0, 0.1) is 11.8 Å². The molecule has 186 valence electrons. The summed E-state index contributed by atoms with van der Waals surface area (Å²) < 4.78 is 27.7. The Morgan fingerprint density at radius 3 is 2.32 bits per heavy atom. The molecule has 0 spiro atoms. The summed E-state index contributed by atoms with van der Waals surface area (Å²) in [7, 11) is -1.61. The van der Waals surface area contributed by atoms with Gasteiger partial charge in [-0.25, -0.2) is 8.42 Å². The molecular formula is C23H31ClN4O4S2. The summed E-state index contributed by atoms with van der Waals surface area (Å²) in [6.45, 7) is 6.66. The van der Waals surface area contributed by atoms with Crippen LogP contribution in [0.3, 0.4) is 0 Å². The van der Waals surface area contributed by atoms with Crippen molar-refractivity contribution in [2.24, 2.45) is 17.6 Å². The number of benzene rings is 1. The molecule has 11 heteroatoms. The predicted molar refractivity (Wildman–Crippen MR) is 136 cm³/mol. The molecule has 0 saturated carbocycles. The summed E-state index contributed by atoms with van der Waals surface area (Å²) in [6, 6.07) is 5.95. The second kappa shape index (κ2) is 10.3. The van der Waals surface area contributed by atoms with Gasteiger partial charge in [0.15, 0.2) is 0 Å². The van der Waals surface area contributed by atoms with Gasteiger partial charge in [0.1, 0.15) is 5.00 Å². The standard InChI is InChI=1S/C23H30N4O4S2.ClH/c1-14-10-15(2)12-27(11-14)33(30,31)17-6-4-16(5-7-17)22(29)25-23-20(21(24)28)18-8-9-26(3)13-19(18)32-23;/h4-7,14-15H,8-13H2,1-3H3,(H2,24,28)(H,25,29);1H. The summed E-state index contributed by atoms with van der Waals surface area (Å²) in [6.07, 6.45) is 1.72. The number of carbonyl (C=O) groups is 2. The number of halogens is 1. The van der Waals surface area contributed by atoms with Crippen LogP contribution in [0.4, 0.5) is 5.00 Å². The minimum atomic E-state index is -3.62. The lowest BCUT2D eigenvalue weighted by atomic mass is 9.94. The van der Waals surface area contributed by atoms with E-state index in [0.717, 1.165) is 23.4 Å². The number of primary amides is 1. The third kappa shape index (κ3) is 5.31. The average Bonchev–Trinajstić information content (AvgIpc) is 3.10. The first-order chi connectivity index (χ1) is 15.6. The quantitative estimate of drug-likeness (QED) is 0.621. The van der Waals surface area contributed by atoms with Gasteiger partial charge in [-0.3, -0.25) is 9.59 Å². The van der Waals surface area contributed by atoms with Crippen LogP contribution in [0.1, 0.15) is 51.4 Å². The highest BCUT2D eigenvalue weighted by molar-refractivity contribution is 7.89. The van der Waals surface area contributed by atoms with Crippen LogP contribution < -0.4 is 11.1 Å². The fourth-order valence-corrected chi connectivity index (χ4v) is 7.79. The number of amides is 2. The van der Waals surface area contributed by atoms with Gasteiger partial charge in [-0.15, -0.1) is 23.7 Å². The highest BCUT2D eigenvalue weighted by Gasteiger charge is 2.32.